The monoisotopic (exact) mass is 241 g/mol. The molecule has 0 aliphatic carbocycles. The van der Waals surface area contributed by atoms with Crippen LogP contribution in [-0.4, -0.2) is 11.0 Å². The van der Waals surface area contributed by atoms with Crippen molar-refractivity contribution in [2.45, 2.75) is 11.7 Å². The second kappa shape index (κ2) is 5.69. The van der Waals surface area contributed by atoms with Crippen LogP contribution in [0.2, 0.25) is 0 Å². The molecule has 17 heavy (non-hydrogen) atoms. The first kappa shape index (κ1) is 11.9. The molecule has 0 N–H and O–H groups in total. The lowest BCUT2D eigenvalue weighted by atomic mass is 10.0. The topological polar surface area (TPSA) is 17.1 Å². The Bertz CT molecular complexity index is 479. The van der Waals surface area contributed by atoms with E-state index in [1.54, 1.807) is 0 Å². The third-order valence-corrected chi connectivity index (χ3v) is 3.00. The van der Waals surface area contributed by atoms with Crippen LogP contribution in [0.3, 0.4) is 0 Å². The van der Waals surface area contributed by atoms with Gasteiger partial charge in [0.05, 0.1) is 5.25 Å². The lowest BCUT2D eigenvalue weighted by Crippen LogP contribution is -2.17. The van der Waals surface area contributed by atoms with Gasteiger partial charge in [-0.25, -0.2) is 0 Å². The normalized spacial score (nSPS) is 12.1. The fraction of sp³-hybridized carbons (Fsp3) is 0.133. The lowest BCUT2D eigenvalue weighted by molar-refractivity contribution is 0.0989. The standard InChI is InChI=1S/C15H13OS/c16-15(13-9-5-2-6-10-13)14(17)11-12-7-3-1-4-8-12/h1-10,14H,11H2. The summed E-state index contributed by atoms with van der Waals surface area (Å²) in [7, 11) is 0. The number of benzene rings is 2. The molecule has 0 saturated carbocycles. The molecule has 1 radical (unpaired) electrons. The Hall–Kier alpha value is -1.54. The average Bonchev–Trinajstić information content (AvgIpc) is 2.40. The maximum absolute atomic E-state index is 12.0. The summed E-state index contributed by atoms with van der Waals surface area (Å²) < 4.78 is 0. The fourth-order valence-corrected chi connectivity index (χ4v) is 2.04. The van der Waals surface area contributed by atoms with Gasteiger partial charge in [-0.05, 0) is 12.0 Å². The Morgan fingerprint density at radius 2 is 1.47 bits per heavy atom. The predicted octanol–water partition coefficient (Wildman–Crippen LogP) is 3.68. The number of carbonyl (C=O) groups excluding carboxylic acids is 1. The Morgan fingerprint density at radius 3 is 2.06 bits per heavy atom. The van der Waals surface area contributed by atoms with Crippen molar-refractivity contribution in [3.8, 4) is 0 Å². The van der Waals surface area contributed by atoms with Crippen LogP contribution >= 0.6 is 12.6 Å². The van der Waals surface area contributed by atoms with Gasteiger partial charge in [-0.1, -0.05) is 73.3 Å². The van der Waals surface area contributed by atoms with Crippen molar-refractivity contribution in [3.63, 3.8) is 0 Å². The van der Waals surface area contributed by atoms with Gasteiger partial charge in [0.2, 0.25) is 0 Å². The minimum absolute atomic E-state index is 0.0319. The molecule has 0 heterocycles. The second-order valence-electron chi connectivity index (χ2n) is 3.91. The summed E-state index contributed by atoms with van der Waals surface area (Å²) in [6.07, 6.45) is 0.615. The molecule has 1 nitrogen and oxygen atoms in total. The minimum Gasteiger partial charge on any atom is -0.293 e. The van der Waals surface area contributed by atoms with E-state index in [9.17, 15) is 4.79 Å². The Kier molecular flexibility index (Phi) is 3.99. The highest BCUT2D eigenvalue weighted by atomic mass is 32.1. The number of rotatable bonds is 4. The quantitative estimate of drug-likeness (QED) is 0.746. The molecule has 0 aromatic heterocycles. The summed E-state index contributed by atoms with van der Waals surface area (Å²) in [4.78, 5) is 12.0. The Morgan fingerprint density at radius 1 is 0.941 bits per heavy atom. The molecule has 0 fully saturated rings. The van der Waals surface area contributed by atoms with Gasteiger partial charge in [0.25, 0.3) is 0 Å². The maximum Gasteiger partial charge on any atom is 0.177 e. The number of Topliss-reactive ketones (excluding diaryl/α,β-unsaturated/α-hetero) is 1. The van der Waals surface area contributed by atoms with Crippen LogP contribution in [0.4, 0.5) is 0 Å². The molecular weight excluding hydrogens is 228 g/mol. The molecule has 1 atom stereocenters. The van der Waals surface area contributed by atoms with Crippen LogP contribution < -0.4 is 0 Å². The molecule has 85 valence electrons. The zero-order valence-corrected chi connectivity index (χ0v) is 10.2. The van der Waals surface area contributed by atoms with Gasteiger partial charge < -0.3 is 0 Å². The minimum atomic E-state index is -0.389. The number of hydrogen-bond acceptors (Lipinski definition) is 1. The van der Waals surface area contributed by atoms with Gasteiger partial charge in [-0.15, -0.1) is 0 Å². The summed E-state index contributed by atoms with van der Waals surface area (Å²) in [6, 6.07) is 19.1. The van der Waals surface area contributed by atoms with Crippen molar-refractivity contribution >= 4 is 18.4 Å². The molecule has 0 spiro atoms. The number of hydrogen-bond donors (Lipinski definition) is 0. The first-order chi connectivity index (χ1) is 8.27. The summed E-state index contributed by atoms with van der Waals surface area (Å²) in [5.41, 5.74) is 1.81. The van der Waals surface area contributed by atoms with Crippen molar-refractivity contribution < 1.29 is 4.79 Å². The van der Waals surface area contributed by atoms with Crippen LogP contribution in [0.1, 0.15) is 15.9 Å². The molecule has 0 aliphatic rings. The number of carbonyl (C=O) groups is 1. The van der Waals surface area contributed by atoms with Gasteiger partial charge in [-0.2, -0.15) is 0 Å². The Labute approximate surface area is 107 Å². The van der Waals surface area contributed by atoms with Gasteiger partial charge >= 0.3 is 0 Å². The van der Waals surface area contributed by atoms with E-state index >= 15 is 0 Å². The second-order valence-corrected chi connectivity index (χ2v) is 4.48. The zero-order chi connectivity index (χ0) is 12.1. The van der Waals surface area contributed by atoms with Gasteiger partial charge in [0, 0.05) is 5.56 Å². The van der Waals surface area contributed by atoms with E-state index in [0.717, 1.165) is 5.56 Å². The summed E-state index contributed by atoms with van der Waals surface area (Å²) in [5, 5.41) is -0.389. The van der Waals surface area contributed by atoms with E-state index in [1.807, 2.05) is 60.7 Å². The average molecular weight is 241 g/mol. The van der Waals surface area contributed by atoms with E-state index < -0.39 is 0 Å². The molecule has 2 rings (SSSR count). The van der Waals surface area contributed by atoms with E-state index in [2.05, 4.69) is 0 Å². The third-order valence-electron chi connectivity index (χ3n) is 2.61. The molecule has 2 heteroatoms. The van der Waals surface area contributed by atoms with Crippen LogP contribution in [0.5, 0.6) is 0 Å². The highest BCUT2D eigenvalue weighted by molar-refractivity contribution is 7.81. The highest BCUT2D eigenvalue weighted by Gasteiger charge is 2.16. The fourth-order valence-electron chi connectivity index (χ4n) is 1.71. The lowest BCUT2D eigenvalue weighted by Gasteiger charge is -2.08. The van der Waals surface area contributed by atoms with E-state index in [0.29, 0.717) is 12.0 Å². The molecule has 0 bridgehead atoms. The zero-order valence-electron chi connectivity index (χ0n) is 9.37. The van der Waals surface area contributed by atoms with E-state index in [1.165, 1.54) is 0 Å². The Balaban J connectivity index is 2.06. The third kappa shape index (κ3) is 3.21. The van der Waals surface area contributed by atoms with Crippen molar-refractivity contribution in [2.24, 2.45) is 0 Å². The van der Waals surface area contributed by atoms with Crippen LogP contribution in [0.15, 0.2) is 60.7 Å². The van der Waals surface area contributed by atoms with Gasteiger partial charge in [0.1, 0.15) is 0 Å². The summed E-state index contributed by atoms with van der Waals surface area (Å²) >= 11 is 5.27. The van der Waals surface area contributed by atoms with Gasteiger partial charge in [-0.3, -0.25) is 4.79 Å². The van der Waals surface area contributed by atoms with Crippen LogP contribution in [0.25, 0.3) is 0 Å². The van der Waals surface area contributed by atoms with E-state index in [4.69, 9.17) is 12.6 Å². The van der Waals surface area contributed by atoms with Crippen molar-refractivity contribution in [1.29, 1.82) is 0 Å². The molecule has 0 amide bonds. The summed E-state index contributed by atoms with van der Waals surface area (Å²) in [5.74, 6) is 0.0319. The van der Waals surface area contributed by atoms with Gasteiger partial charge in [0.15, 0.2) is 5.78 Å². The van der Waals surface area contributed by atoms with E-state index in [-0.39, 0.29) is 11.0 Å². The molecule has 2 aromatic carbocycles. The largest absolute Gasteiger partial charge is 0.293 e. The van der Waals surface area contributed by atoms with Crippen molar-refractivity contribution in [2.75, 3.05) is 0 Å². The molecule has 0 aliphatic heterocycles. The predicted molar refractivity (Wildman–Crippen MR) is 72.3 cm³/mol. The highest BCUT2D eigenvalue weighted by Crippen LogP contribution is 2.13. The van der Waals surface area contributed by atoms with Crippen molar-refractivity contribution in [1.82, 2.24) is 0 Å². The smallest absolute Gasteiger partial charge is 0.177 e. The summed E-state index contributed by atoms with van der Waals surface area (Å²) in [6.45, 7) is 0. The molecule has 1 unspecified atom stereocenters. The molecular formula is C15H13OS. The van der Waals surface area contributed by atoms with Crippen molar-refractivity contribution in [3.05, 3.63) is 71.8 Å². The SMILES string of the molecule is O=C(c1ccccc1)C([S])Cc1ccccc1. The van der Waals surface area contributed by atoms with Crippen LogP contribution in [-0.2, 0) is 6.42 Å². The maximum atomic E-state index is 12.0. The van der Waals surface area contributed by atoms with Crippen LogP contribution in [0, 0.1) is 0 Å². The first-order valence-electron chi connectivity index (χ1n) is 5.56. The number of ketones is 1. The molecule has 0 saturated heterocycles. The first-order valence-corrected chi connectivity index (χ1v) is 6.03. The molecule has 2 aromatic rings.